The maximum Gasteiger partial charge on any atom is 0.141 e. The minimum Gasteiger partial charge on any atom is -0.455 e. The Labute approximate surface area is 126 Å². The standard InChI is InChI=1S/C13H9Br3O/c14-8-9-5-6-13(11(16)7-9)17-12-4-2-1-3-10(12)15/h1-7H,8H2. The minimum absolute atomic E-state index is 0.805. The van der Waals surface area contributed by atoms with E-state index in [0.29, 0.717) is 0 Å². The first-order chi connectivity index (χ1) is 8.20. The van der Waals surface area contributed by atoms with E-state index < -0.39 is 0 Å². The second kappa shape index (κ2) is 6.03. The average Bonchev–Trinajstić information content (AvgIpc) is 2.34. The Hall–Kier alpha value is -0.320. The van der Waals surface area contributed by atoms with Gasteiger partial charge < -0.3 is 4.74 Å². The van der Waals surface area contributed by atoms with E-state index in [9.17, 15) is 0 Å². The summed E-state index contributed by atoms with van der Waals surface area (Å²) in [6.45, 7) is 0. The van der Waals surface area contributed by atoms with E-state index in [-0.39, 0.29) is 0 Å². The van der Waals surface area contributed by atoms with Gasteiger partial charge in [0.15, 0.2) is 0 Å². The Morgan fingerprint density at radius 2 is 1.59 bits per heavy atom. The lowest BCUT2D eigenvalue weighted by atomic mass is 10.2. The molecule has 88 valence electrons. The van der Waals surface area contributed by atoms with Crippen LogP contribution in [0.1, 0.15) is 5.56 Å². The Morgan fingerprint density at radius 3 is 2.24 bits per heavy atom. The molecule has 4 heteroatoms. The molecular weight excluding hydrogens is 412 g/mol. The molecule has 0 radical (unpaired) electrons. The largest absolute Gasteiger partial charge is 0.455 e. The SMILES string of the molecule is BrCc1ccc(Oc2ccccc2Br)c(Br)c1. The van der Waals surface area contributed by atoms with Crippen LogP contribution in [0.4, 0.5) is 0 Å². The third-order valence-corrected chi connectivity index (χ3v) is 4.13. The van der Waals surface area contributed by atoms with Gasteiger partial charge >= 0.3 is 0 Å². The number of para-hydroxylation sites is 1. The molecule has 0 aliphatic rings. The Bertz CT molecular complexity index is 526. The van der Waals surface area contributed by atoms with Crippen LogP contribution >= 0.6 is 47.8 Å². The Morgan fingerprint density at radius 1 is 0.882 bits per heavy atom. The molecule has 1 nitrogen and oxygen atoms in total. The van der Waals surface area contributed by atoms with E-state index in [0.717, 1.165) is 25.8 Å². The summed E-state index contributed by atoms with van der Waals surface area (Å²) in [4.78, 5) is 0. The van der Waals surface area contributed by atoms with Gasteiger partial charge in [0, 0.05) is 5.33 Å². The lowest BCUT2D eigenvalue weighted by Gasteiger charge is -2.10. The molecule has 0 aliphatic carbocycles. The zero-order chi connectivity index (χ0) is 12.3. The van der Waals surface area contributed by atoms with Crippen molar-refractivity contribution < 1.29 is 4.74 Å². The van der Waals surface area contributed by atoms with Crippen LogP contribution in [-0.2, 0) is 5.33 Å². The maximum absolute atomic E-state index is 5.83. The van der Waals surface area contributed by atoms with Crippen LogP contribution in [0.15, 0.2) is 51.4 Å². The van der Waals surface area contributed by atoms with Crippen LogP contribution in [0.5, 0.6) is 11.5 Å². The Kier molecular flexibility index (Phi) is 4.65. The fourth-order valence-electron chi connectivity index (χ4n) is 1.36. The summed E-state index contributed by atoms with van der Waals surface area (Å²) >= 11 is 10.4. The van der Waals surface area contributed by atoms with Gasteiger partial charge in [-0.1, -0.05) is 34.1 Å². The van der Waals surface area contributed by atoms with Crippen LogP contribution in [0.25, 0.3) is 0 Å². The smallest absolute Gasteiger partial charge is 0.141 e. The van der Waals surface area contributed by atoms with Gasteiger partial charge in [0.05, 0.1) is 8.95 Å². The summed E-state index contributed by atoms with van der Waals surface area (Å²) in [6.07, 6.45) is 0. The number of rotatable bonds is 3. The normalized spacial score (nSPS) is 10.3. The van der Waals surface area contributed by atoms with Crippen molar-refractivity contribution in [2.24, 2.45) is 0 Å². The number of ether oxygens (including phenoxy) is 1. The van der Waals surface area contributed by atoms with Gasteiger partial charge in [0.25, 0.3) is 0 Å². The predicted octanol–water partition coefficient (Wildman–Crippen LogP) is 5.90. The summed E-state index contributed by atoms with van der Waals surface area (Å²) < 4.78 is 7.72. The van der Waals surface area contributed by atoms with Crippen molar-refractivity contribution in [3.63, 3.8) is 0 Å². The molecule has 0 fully saturated rings. The molecule has 17 heavy (non-hydrogen) atoms. The van der Waals surface area contributed by atoms with E-state index in [4.69, 9.17) is 4.74 Å². The number of alkyl halides is 1. The van der Waals surface area contributed by atoms with Crippen molar-refractivity contribution in [1.82, 2.24) is 0 Å². The van der Waals surface area contributed by atoms with E-state index in [2.05, 4.69) is 47.8 Å². The highest BCUT2D eigenvalue weighted by Gasteiger charge is 2.06. The third-order valence-electron chi connectivity index (χ3n) is 2.21. The van der Waals surface area contributed by atoms with Gasteiger partial charge in [0.2, 0.25) is 0 Å². The van der Waals surface area contributed by atoms with Crippen molar-refractivity contribution in [3.05, 3.63) is 57.0 Å². The molecule has 0 atom stereocenters. The summed E-state index contributed by atoms with van der Waals surface area (Å²) in [5.41, 5.74) is 1.20. The highest BCUT2D eigenvalue weighted by molar-refractivity contribution is 9.11. The van der Waals surface area contributed by atoms with Gasteiger partial charge in [-0.2, -0.15) is 0 Å². The highest BCUT2D eigenvalue weighted by Crippen LogP contribution is 2.34. The predicted molar refractivity (Wildman–Crippen MR) is 81.0 cm³/mol. The molecule has 0 aromatic heterocycles. The van der Waals surface area contributed by atoms with E-state index in [1.54, 1.807) is 0 Å². The molecule has 0 N–H and O–H groups in total. The fourth-order valence-corrected chi connectivity index (χ4v) is 2.58. The second-order valence-electron chi connectivity index (χ2n) is 3.43. The lowest BCUT2D eigenvalue weighted by Crippen LogP contribution is -1.87. The lowest BCUT2D eigenvalue weighted by molar-refractivity contribution is 0.476. The molecule has 0 heterocycles. The van der Waals surface area contributed by atoms with E-state index in [1.165, 1.54) is 5.56 Å². The van der Waals surface area contributed by atoms with Crippen molar-refractivity contribution in [2.75, 3.05) is 0 Å². The summed E-state index contributed by atoms with van der Waals surface area (Å²) in [5, 5.41) is 0.834. The molecule has 2 aromatic rings. The third kappa shape index (κ3) is 3.33. The van der Waals surface area contributed by atoms with Crippen molar-refractivity contribution >= 4 is 47.8 Å². The first kappa shape index (κ1) is 13.1. The first-order valence-electron chi connectivity index (χ1n) is 4.97. The summed E-state index contributed by atoms with van der Waals surface area (Å²) in [7, 11) is 0. The molecule has 0 unspecified atom stereocenters. The number of hydrogen-bond acceptors (Lipinski definition) is 1. The molecule has 0 aliphatic heterocycles. The molecule has 0 saturated carbocycles. The molecule has 0 bridgehead atoms. The second-order valence-corrected chi connectivity index (χ2v) is 5.70. The monoisotopic (exact) mass is 418 g/mol. The van der Waals surface area contributed by atoms with Crippen molar-refractivity contribution in [1.29, 1.82) is 0 Å². The fraction of sp³-hybridized carbons (Fsp3) is 0.0769. The number of hydrogen-bond donors (Lipinski definition) is 0. The van der Waals surface area contributed by atoms with Crippen LogP contribution in [0, 0.1) is 0 Å². The van der Waals surface area contributed by atoms with Gasteiger partial charge in [-0.15, -0.1) is 0 Å². The molecule has 2 aromatic carbocycles. The van der Waals surface area contributed by atoms with Gasteiger partial charge in [-0.25, -0.2) is 0 Å². The quantitative estimate of drug-likeness (QED) is 0.562. The summed E-state index contributed by atoms with van der Waals surface area (Å²) in [6, 6.07) is 13.8. The number of halogens is 3. The minimum atomic E-state index is 0.805. The Balaban J connectivity index is 2.28. The molecule has 0 amide bonds. The van der Waals surface area contributed by atoms with Gasteiger partial charge in [0.1, 0.15) is 11.5 Å². The van der Waals surface area contributed by atoms with Crippen LogP contribution in [0.2, 0.25) is 0 Å². The van der Waals surface area contributed by atoms with Crippen LogP contribution in [-0.4, -0.2) is 0 Å². The topological polar surface area (TPSA) is 9.23 Å². The van der Waals surface area contributed by atoms with Crippen molar-refractivity contribution in [2.45, 2.75) is 5.33 Å². The molecule has 2 rings (SSSR count). The summed E-state index contributed by atoms with van der Waals surface area (Å²) in [5.74, 6) is 1.61. The van der Waals surface area contributed by atoms with Gasteiger partial charge in [-0.05, 0) is 61.7 Å². The van der Waals surface area contributed by atoms with Gasteiger partial charge in [-0.3, -0.25) is 0 Å². The zero-order valence-corrected chi connectivity index (χ0v) is 13.5. The first-order valence-corrected chi connectivity index (χ1v) is 7.68. The van der Waals surface area contributed by atoms with E-state index >= 15 is 0 Å². The molecular formula is C13H9Br3O. The highest BCUT2D eigenvalue weighted by atomic mass is 79.9. The van der Waals surface area contributed by atoms with Crippen LogP contribution < -0.4 is 4.74 Å². The van der Waals surface area contributed by atoms with E-state index in [1.807, 2.05) is 42.5 Å². The number of benzene rings is 2. The maximum atomic E-state index is 5.83. The van der Waals surface area contributed by atoms with Crippen LogP contribution in [0.3, 0.4) is 0 Å². The van der Waals surface area contributed by atoms with Crippen molar-refractivity contribution in [3.8, 4) is 11.5 Å². The average molecular weight is 421 g/mol. The molecule has 0 saturated heterocycles. The zero-order valence-electron chi connectivity index (χ0n) is 8.79. The molecule has 0 spiro atoms.